The summed E-state index contributed by atoms with van der Waals surface area (Å²) in [5.74, 6) is -1.96. The van der Waals surface area contributed by atoms with Crippen LogP contribution in [0.15, 0.2) is 0 Å². The van der Waals surface area contributed by atoms with Crippen molar-refractivity contribution >= 4 is 0 Å². The van der Waals surface area contributed by atoms with E-state index in [1.54, 1.807) is 0 Å². The predicted octanol–water partition coefficient (Wildman–Crippen LogP) is 2.40. The number of likely N-dealkylation sites (N-methyl/N-ethyl adjacent to an activating group) is 1. The summed E-state index contributed by atoms with van der Waals surface area (Å²) in [5.41, 5.74) is 0. The van der Waals surface area contributed by atoms with E-state index in [1.807, 2.05) is 0 Å². The third kappa shape index (κ3) is 5.21. The molecule has 4 heteroatoms. The standard InChI is InChI=1S/C12H24F2N2/c1-3-15-8-10(2)16-9-11-4-6-12(13,14)7-5-11/h10-11,15-16H,3-9H2,1-2H3. The number of nitrogens with one attached hydrogen (secondary N) is 2. The van der Waals surface area contributed by atoms with Crippen molar-refractivity contribution in [1.29, 1.82) is 0 Å². The largest absolute Gasteiger partial charge is 0.315 e. The molecule has 2 nitrogen and oxygen atoms in total. The highest BCUT2D eigenvalue weighted by atomic mass is 19.3. The van der Waals surface area contributed by atoms with Gasteiger partial charge in [0.15, 0.2) is 0 Å². The van der Waals surface area contributed by atoms with Gasteiger partial charge < -0.3 is 10.6 Å². The van der Waals surface area contributed by atoms with E-state index in [9.17, 15) is 8.78 Å². The van der Waals surface area contributed by atoms with E-state index < -0.39 is 5.92 Å². The maximum Gasteiger partial charge on any atom is 0.248 e. The highest BCUT2D eigenvalue weighted by molar-refractivity contribution is 4.79. The molecule has 0 aliphatic heterocycles. The van der Waals surface area contributed by atoms with Crippen LogP contribution in [0.5, 0.6) is 0 Å². The minimum atomic E-state index is -2.40. The summed E-state index contributed by atoms with van der Waals surface area (Å²) in [6.07, 6.45) is 1.46. The summed E-state index contributed by atoms with van der Waals surface area (Å²) in [4.78, 5) is 0. The lowest BCUT2D eigenvalue weighted by Crippen LogP contribution is -2.40. The molecule has 0 aromatic carbocycles. The van der Waals surface area contributed by atoms with Crippen molar-refractivity contribution in [2.45, 2.75) is 51.5 Å². The van der Waals surface area contributed by atoms with Crippen LogP contribution in [0.2, 0.25) is 0 Å². The molecule has 16 heavy (non-hydrogen) atoms. The Labute approximate surface area is 97.2 Å². The Morgan fingerprint density at radius 1 is 1.31 bits per heavy atom. The second-order valence-corrected chi connectivity index (χ2v) is 4.92. The average Bonchev–Trinajstić information content (AvgIpc) is 2.25. The van der Waals surface area contributed by atoms with Crippen LogP contribution in [0.1, 0.15) is 39.5 Å². The van der Waals surface area contributed by atoms with Gasteiger partial charge in [0.05, 0.1) is 0 Å². The van der Waals surface area contributed by atoms with E-state index in [-0.39, 0.29) is 12.8 Å². The molecule has 0 saturated heterocycles. The summed E-state index contributed by atoms with van der Waals surface area (Å²) in [7, 11) is 0. The number of alkyl halides is 2. The van der Waals surface area contributed by atoms with Gasteiger partial charge in [-0.3, -0.25) is 0 Å². The lowest BCUT2D eigenvalue weighted by molar-refractivity contribution is -0.0456. The number of hydrogen-bond acceptors (Lipinski definition) is 2. The van der Waals surface area contributed by atoms with Gasteiger partial charge in [-0.1, -0.05) is 6.92 Å². The fourth-order valence-corrected chi connectivity index (χ4v) is 2.10. The Morgan fingerprint density at radius 3 is 2.50 bits per heavy atom. The van der Waals surface area contributed by atoms with Gasteiger partial charge in [-0.25, -0.2) is 8.78 Å². The molecule has 0 spiro atoms. The molecule has 1 unspecified atom stereocenters. The van der Waals surface area contributed by atoms with Gasteiger partial charge in [-0.15, -0.1) is 0 Å². The summed E-state index contributed by atoms with van der Waals surface area (Å²) < 4.78 is 25.8. The van der Waals surface area contributed by atoms with Gasteiger partial charge in [0.1, 0.15) is 0 Å². The minimum Gasteiger partial charge on any atom is -0.315 e. The van der Waals surface area contributed by atoms with Gasteiger partial charge in [0.2, 0.25) is 5.92 Å². The smallest absolute Gasteiger partial charge is 0.248 e. The molecule has 1 aliphatic rings. The van der Waals surface area contributed by atoms with Gasteiger partial charge in [-0.2, -0.15) is 0 Å². The zero-order valence-electron chi connectivity index (χ0n) is 10.4. The van der Waals surface area contributed by atoms with E-state index in [2.05, 4.69) is 24.5 Å². The molecule has 2 N–H and O–H groups in total. The number of rotatable bonds is 6. The van der Waals surface area contributed by atoms with Crippen molar-refractivity contribution in [3.63, 3.8) is 0 Å². The van der Waals surface area contributed by atoms with E-state index in [1.165, 1.54) is 0 Å². The predicted molar refractivity (Wildman–Crippen MR) is 62.9 cm³/mol. The third-order valence-corrected chi connectivity index (χ3v) is 3.29. The van der Waals surface area contributed by atoms with Crippen LogP contribution >= 0.6 is 0 Å². The molecule has 1 fully saturated rings. The molecule has 0 bridgehead atoms. The van der Waals surface area contributed by atoms with E-state index >= 15 is 0 Å². The van der Waals surface area contributed by atoms with Crippen molar-refractivity contribution in [1.82, 2.24) is 10.6 Å². The summed E-state index contributed by atoms with van der Waals surface area (Å²) in [6.45, 7) is 7.00. The highest BCUT2D eigenvalue weighted by Crippen LogP contribution is 2.35. The summed E-state index contributed by atoms with van der Waals surface area (Å²) in [6, 6.07) is 0.419. The Morgan fingerprint density at radius 2 is 1.94 bits per heavy atom. The van der Waals surface area contributed by atoms with Crippen LogP contribution in [0.3, 0.4) is 0 Å². The first kappa shape index (κ1) is 13.8. The molecule has 1 rings (SSSR count). The van der Waals surface area contributed by atoms with Gasteiger partial charge >= 0.3 is 0 Å². The third-order valence-electron chi connectivity index (χ3n) is 3.29. The van der Waals surface area contributed by atoms with Crippen LogP contribution in [-0.4, -0.2) is 31.6 Å². The number of hydrogen-bond donors (Lipinski definition) is 2. The van der Waals surface area contributed by atoms with Gasteiger partial charge in [-0.05, 0) is 38.8 Å². The van der Waals surface area contributed by atoms with Crippen LogP contribution in [0.25, 0.3) is 0 Å². The fourth-order valence-electron chi connectivity index (χ4n) is 2.10. The summed E-state index contributed by atoms with van der Waals surface area (Å²) in [5, 5.41) is 6.67. The molecule has 96 valence electrons. The van der Waals surface area contributed by atoms with Gasteiger partial charge in [0.25, 0.3) is 0 Å². The van der Waals surface area contributed by atoms with Gasteiger partial charge in [0, 0.05) is 25.4 Å². The Hall–Kier alpha value is -0.220. The van der Waals surface area contributed by atoms with Crippen molar-refractivity contribution in [2.24, 2.45) is 5.92 Å². The number of halogens is 2. The molecule has 1 atom stereocenters. The van der Waals surface area contributed by atoms with Crippen molar-refractivity contribution < 1.29 is 8.78 Å². The van der Waals surface area contributed by atoms with Crippen LogP contribution in [0.4, 0.5) is 8.78 Å². The molecule has 0 amide bonds. The zero-order chi connectivity index (χ0) is 12.0. The van der Waals surface area contributed by atoms with Crippen LogP contribution < -0.4 is 10.6 Å². The second-order valence-electron chi connectivity index (χ2n) is 4.92. The Balaban J connectivity index is 2.10. The Kier molecular flexibility index (Phi) is 5.62. The van der Waals surface area contributed by atoms with E-state index in [4.69, 9.17) is 0 Å². The van der Waals surface area contributed by atoms with E-state index in [0.717, 1.165) is 19.6 Å². The normalized spacial score (nSPS) is 23.2. The summed E-state index contributed by atoms with van der Waals surface area (Å²) >= 11 is 0. The quantitative estimate of drug-likeness (QED) is 0.737. The monoisotopic (exact) mass is 234 g/mol. The van der Waals surface area contributed by atoms with Crippen molar-refractivity contribution in [2.75, 3.05) is 19.6 Å². The van der Waals surface area contributed by atoms with Crippen molar-refractivity contribution in [3.05, 3.63) is 0 Å². The second kappa shape index (κ2) is 6.50. The maximum atomic E-state index is 12.9. The molecular weight excluding hydrogens is 210 g/mol. The zero-order valence-corrected chi connectivity index (χ0v) is 10.4. The molecule has 0 aromatic rings. The first-order valence-electron chi connectivity index (χ1n) is 6.35. The molecular formula is C12H24F2N2. The highest BCUT2D eigenvalue weighted by Gasteiger charge is 2.34. The molecule has 0 aromatic heterocycles. The topological polar surface area (TPSA) is 24.1 Å². The average molecular weight is 234 g/mol. The van der Waals surface area contributed by atoms with Crippen molar-refractivity contribution in [3.8, 4) is 0 Å². The lowest BCUT2D eigenvalue weighted by Gasteiger charge is -2.29. The molecule has 0 heterocycles. The first-order chi connectivity index (χ1) is 7.53. The minimum absolute atomic E-state index is 0.0704. The molecule has 1 aliphatic carbocycles. The Bertz CT molecular complexity index is 187. The molecule has 1 saturated carbocycles. The fraction of sp³-hybridized carbons (Fsp3) is 1.00. The van der Waals surface area contributed by atoms with E-state index in [0.29, 0.717) is 24.8 Å². The maximum absolute atomic E-state index is 12.9. The lowest BCUT2D eigenvalue weighted by atomic mass is 9.86. The SMILES string of the molecule is CCNCC(C)NCC1CCC(F)(F)CC1. The van der Waals surface area contributed by atoms with Crippen LogP contribution in [-0.2, 0) is 0 Å². The molecule has 0 radical (unpaired) electrons. The first-order valence-corrected chi connectivity index (χ1v) is 6.35. The van der Waals surface area contributed by atoms with Crippen LogP contribution in [0, 0.1) is 5.92 Å².